The van der Waals surface area contributed by atoms with E-state index in [1.807, 2.05) is 0 Å². The molecule has 0 spiro atoms. The molecule has 2 heteroatoms. The Morgan fingerprint density at radius 1 is 0.513 bits per heavy atom. The summed E-state index contributed by atoms with van der Waals surface area (Å²) in [7, 11) is 0. The molecule has 0 aliphatic heterocycles. The van der Waals surface area contributed by atoms with Crippen LogP contribution in [0.3, 0.4) is 0 Å². The highest BCUT2D eigenvalue weighted by molar-refractivity contribution is 5.08. The predicted molar refractivity (Wildman–Crippen MR) is 168 cm³/mol. The van der Waals surface area contributed by atoms with Gasteiger partial charge in [0.05, 0.1) is 0 Å². The molecule has 39 heavy (non-hydrogen) atoms. The molecule has 0 bridgehead atoms. The molecule has 1 aromatic rings. The summed E-state index contributed by atoms with van der Waals surface area (Å²) in [5.74, 6) is 6.95. The van der Waals surface area contributed by atoms with Gasteiger partial charge in [-0.1, -0.05) is 97.3 Å². The van der Waals surface area contributed by atoms with E-state index in [0.29, 0.717) is 5.92 Å². The van der Waals surface area contributed by atoms with Gasteiger partial charge in [-0.05, 0) is 112 Å². The lowest BCUT2D eigenvalue weighted by atomic mass is 9.65. The van der Waals surface area contributed by atoms with E-state index >= 15 is 0 Å². The van der Waals surface area contributed by atoms with E-state index in [1.54, 1.807) is 38.5 Å². The minimum absolute atomic E-state index is 0.613. The molecule has 3 aliphatic rings. The number of unbranched alkanes of at least 4 members (excludes halogenated alkanes) is 9. The molecule has 3 saturated carbocycles. The maximum Gasteiger partial charge on any atom is 0.131 e. The molecule has 222 valence electrons. The molecule has 3 fully saturated rings. The Labute approximate surface area is 243 Å². The molecular weight excluding hydrogens is 472 g/mol. The first-order valence-corrected chi connectivity index (χ1v) is 18.1. The van der Waals surface area contributed by atoms with Gasteiger partial charge in [-0.15, -0.1) is 0 Å². The molecule has 0 unspecified atom stereocenters. The number of hydrogen-bond donors (Lipinski definition) is 0. The molecule has 0 N–H and O–H groups in total. The Morgan fingerprint density at radius 2 is 0.949 bits per heavy atom. The zero-order valence-electron chi connectivity index (χ0n) is 26.2. The van der Waals surface area contributed by atoms with Crippen LogP contribution in [0.4, 0.5) is 0 Å². The van der Waals surface area contributed by atoms with Gasteiger partial charge in [0.15, 0.2) is 0 Å². The second-order valence-electron chi connectivity index (χ2n) is 14.2. The van der Waals surface area contributed by atoms with Gasteiger partial charge in [-0.2, -0.15) is 0 Å². The zero-order valence-corrected chi connectivity index (χ0v) is 26.2. The number of nitrogens with zero attached hydrogens (tertiary/aromatic N) is 2. The van der Waals surface area contributed by atoms with Gasteiger partial charge >= 0.3 is 0 Å². The topological polar surface area (TPSA) is 25.8 Å². The number of aromatic nitrogens is 2. The lowest BCUT2D eigenvalue weighted by molar-refractivity contribution is 0.108. The average molecular weight is 537 g/mol. The lowest BCUT2D eigenvalue weighted by Crippen LogP contribution is -2.29. The summed E-state index contributed by atoms with van der Waals surface area (Å²) in [6, 6.07) is 0. The van der Waals surface area contributed by atoms with Crippen molar-refractivity contribution in [2.24, 2.45) is 29.6 Å². The van der Waals surface area contributed by atoms with Crippen LogP contribution in [0.2, 0.25) is 0 Å². The molecule has 4 rings (SSSR count). The first kappa shape index (κ1) is 31.0. The van der Waals surface area contributed by atoms with Gasteiger partial charge < -0.3 is 0 Å². The van der Waals surface area contributed by atoms with Crippen LogP contribution in [0.1, 0.15) is 185 Å². The van der Waals surface area contributed by atoms with E-state index in [9.17, 15) is 0 Å². The smallest absolute Gasteiger partial charge is 0.131 e. The summed E-state index contributed by atoms with van der Waals surface area (Å²) in [6.07, 6.45) is 40.2. The van der Waals surface area contributed by atoms with Crippen molar-refractivity contribution in [3.05, 3.63) is 23.8 Å². The molecule has 0 amide bonds. The second kappa shape index (κ2) is 17.8. The van der Waals surface area contributed by atoms with Crippen molar-refractivity contribution in [1.29, 1.82) is 0 Å². The molecule has 0 atom stereocenters. The van der Waals surface area contributed by atoms with Crippen LogP contribution in [0.15, 0.2) is 12.4 Å². The number of rotatable bonds is 16. The maximum atomic E-state index is 4.87. The minimum atomic E-state index is 0.613. The Balaban J connectivity index is 1.08. The summed E-state index contributed by atoms with van der Waals surface area (Å²) < 4.78 is 0. The maximum absolute atomic E-state index is 4.87. The first-order chi connectivity index (χ1) is 19.3. The van der Waals surface area contributed by atoms with Crippen molar-refractivity contribution in [1.82, 2.24) is 9.97 Å². The Morgan fingerprint density at radius 3 is 1.49 bits per heavy atom. The fraction of sp³-hybridized carbons (Fsp3) is 0.892. The van der Waals surface area contributed by atoms with E-state index in [0.717, 1.165) is 41.8 Å². The highest BCUT2D eigenvalue weighted by Crippen LogP contribution is 2.47. The summed E-state index contributed by atoms with van der Waals surface area (Å²) in [4.78, 5) is 9.73. The first-order valence-electron chi connectivity index (χ1n) is 18.1. The van der Waals surface area contributed by atoms with Crippen molar-refractivity contribution in [3.8, 4) is 0 Å². The summed E-state index contributed by atoms with van der Waals surface area (Å²) >= 11 is 0. The normalized spacial score (nSPS) is 29.9. The van der Waals surface area contributed by atoms with Crippen LogP contribution in [-0.2, 0) is 6.42 Å². The molecule has 2 nitrogen and oxygen atoms in total. The van der Waals surface area contributed by atoms with E-state index in [2.05, 4.69) is 26.2 Å². The van der Waals surface area contributed by atoms with Crippen LogP contribution in [0, 0.1) is 29.6 Å². The number of aryl methyl sites for hydroxylation is 1. The van der Waals surface area contributed by atoms with Gasteiger partial charge in [0.2, 0.25) is 0 Å². The van der Waals surface area contributed by atoms with Crippen LogP contribution in [0.25, 0.3) is 0 Å². The fourth-order valence-corrected chi connectivity index (χ4v) is 8.74. The van der Waals surface area contributed by atoms with Crippen LogP contribution in [-0.4, -0.2) is 9.97 Å². The molecule has 3 aliphatic carbocycles. The Hall–Kier alpha value is -0.920. The third-order valence-electron chi connectivity index (χ3n) is 11.4. The van der Waals surface area contributed by atoms with Gasteiger partial charge in [0.1, 0.15) is 5.82 Å². The standard InChI is InChI=1S/C37H64N2/c1-3-5-7-8-9-10-11-13-15-31-28-38-37(39-29-31)36-26-24-35(25-27-36)34-22-20-33(21-23-34)32-18-16-30(17-19-32)14-12-6-4-2/h28-30,32-36H,3-27H2,1-2H3. The molecule has 0 saturated heterocycles. The predicted octanol–water partition coefficient (Wildman–Crippen LogP) is 11.6. The largest absolute Gasteiger partial charge is 0.241 e. The zero-order chi connectivity index (χ0) is 27.1. The van der Waals surface area contributed by atoms with Crippen LogP contribution in [0.5, 0.6) is 0 Å². The summed E-state index contributed by atoms with van der Waals surface area (Å²) in [6.45, 7) is 4.63. The van der Waals surface area contributed by atoms with E-state index in [1.165, 1.54) is 121 Å². The lowest BCUT2D eigenvalue weighted by Gasteiger charge is -2.41. The highest BCUT2D eigenvalue weighted by Gasteiger charge is 2.35. The van der Waals surface area contributed by atoms with E-state index in [-0.39, 0.29) is 0 Å². The van der Waals surface area contributed by atoms with Crippen LogP contribution >= 0.6 is 0 Å². The van der Waals surface area contributed by atoms with Gasteiger partial charge in [-0.25, -0.2) is 9.97 Å². The molecule has 1 heterocycles. The Bertz CT molecular complexity index is 733. The fourth-order valence-electron chi connectivity index (χ4n) is 8.74. The monoisotopic (exact) mass is 537 g/mol. The Kier molecular flexibility index (Phi) is 14.2. The summed E-state index contributed by atoms with van der Waals surface area (Å²) in [5, 5.41) is 0. The van der Waals surface area contributed by atoms with Crippen molar-refractivity contribution in [3.63, 3.8) is 0 Å². The van der Waals surface area contributed by atoms with Gasteiger partial charge in [-0.3, -0.25) is 0 Å². The molecule has 1 aromatic heterocycles. The molecule has 0 radical (unpaired) electrons. The van der Waals surface area contributed by atoms with Crippen molar-refractivity contribution in [2.75, 3.05) is 0 Å². The van der Waals surface area contributed by atoms with E-state index < -0.39 is 0 Å². The van der Waals surface area contributed by atoms with Crippen LogP contribution < -0.4 is 0 Å². The van der Waals surface area contributed by atoms with Crippen molar-refractivity contribution < 1.29 is 0 Å². The third-order valence-corrected chi connectivity index (χ3v) is 11.4. The number of hydrogen-bond acceptors (Lipinski definition) is 2. The van der Waals surface area contributed by atoms with Gasteiger partial charge in [0, 0.05) is 18.3 Å². The van der Waals surface area contributed by atoms with Crippen molar-refractivity contribution in [2.45, 2.75) is 180 Å². The molecule has 0 aromatic carbocycles. The molecular formula is C37H64N2. The average Bonchev–Trinajstić information content (AvgIpc) is 3.00. The van der Waals surface area contributed by atoms with Crippen molar-refractivity contribution >= 4 is 0 Å². The SMILES string of the molecule is CCCCCCCCCCc1cnc(C2CCC(C3CCC(C4CCC(CCCCC)CC4)CC3)CC2)nc1. The quantitative estimate of drug-likeness (QED) is 0.196. The second-order valence-corrected chi connectivity index (χ2v) is 14.2. The third kappa shape index (κ3) is 10.5. The van der Waals surface area contributed by atoms with E-state index in [4.69, 9.17) is 9.97 Å². The summed E-state index contributed by atoms with van der Waals surface area (Å²) in [5.41, 5.74) is 1.35. The highest BCUT2D eigenvalue weighted by atomic mass is 14.9. The van der Waals surface area contributed by atoms with Gasteiger partial charge in [0.25, 0.3) is 0 Å². The minimum Gasteiger partial charge on any atom is -0.241 e.